The fourth-order valence-electron chi connectivity index (χ4n) is 4.07. The number of hydrogen-bond donors (Lipinski definition) is 0. The zero-order valence-electron chi connectivity index (χ0n) is 19.6. The first kappa shape index (κ1) is 22.6. The molecule has 0 atom stereocenters. The molecule has 4 rings (SSSR count). The van der Waals surface area contributed by atoms with Crippen LogP contribution in [0.25, 0.3) is 11.0 Å². The summed E-state index contributed by atoms with van der Waals surface area (Å²) in [4.78, 5) is 24.5. The lowest BCUT2D eigenvalue weighted by Gasteiger charge is -2.04. The number of nitrogens with zero attached hydrogens (tertiary/aromatic N) is 3. The van der Waals surface area contributed by atoms with Crippen LogP contribution in [0.5, 0.6) is 0 Å². The number of esters is 1. The summed E-state index contributed by atoms with van der Waals surface area (Å²) >= 11 is 0. The summed E-state index contributed by atoms with van der Waals surface area (Å²) in [5.41, 5.74) is 5.25. The normalized spacial score (nSPS) is 11.3. The Hall–Kier alpha value is -3.61. The van der Waals surface area contributed by atoms with Gasteiger partial charge in [0.05, 0.1) is 13.7 Å². The Morgan fingerprint density at radius 2 is 1.82 bits per heavy atom. The van der Waals surface area contributed by atoms with E-state index in [0.717, 1.165) is 35.2 Å². The lowest BCUT2D eigenvalue weighted by molar-refractivity contribution is 0.0567. The van der Waals surface area contributed by atoms with Gasteiger partial charge in [-0.25, -0.2) is 14.3 Å². The van der Waals surface area contributed by atoms with Crippen LogP contribution in [-0.4, -0.2) is 27.4 Å². The summed E-state index contributed by atoms with van der Waals surface area (Å²) in [6.07, 6.45) is 2.39. The average molecular weight is 448 g/mol. The molecule has 0 aliphatic rings. The van der Waals surface area contributed by atoms with Crippen molar-refractivity contribution in [3.63, 3.8) is 0 Å². The van der Waals surface area contributed by atoms with Crippen LogP contribution in [0.15, 0.2) is 51.7 Å². The van der Waals surface area contributed by atoms with Crippen molar-refractivity contribution in [3.8, 4) is 0 Å². The molecule has 4 aromatic rings. The maximum Gasteiger partial charge on any atom is 0.373 e. The van der Waals surface area contributed by atoms with Crippen LogP contribution in [0.3, 0.4) is 0 Å². The summed E-state index contributed by atoms with van der Waals surface area (Å²) in [5, 5.41) is 5.51. The van der Waals surface area contributed by atoms with E-state index < -0.39 is 5.97 Å². The quantitative estimate of drug-likeness (QED) is 0.373. The second-order valence-electron chi connectivity index (χ2n) is 8.35. The Balaban J connectivity index is 1.45. The van der Waals surface area contributed by atoms with Gasteiger partial charge in [0.25, 0.3) is 0 Å². The number of ether oxygens (including phenoxy) is 1. The molecular weight excluding hydrogens is 418 g/mol. The smallest absolute Gasteiger partial charge is 0.373 e. The second kappa shape index (κ2) is 9.48. The van der Waals surface area contributed by atoms with Gasteiger partial charge in [-0.2, -0.15) is 5.10 Å². The van der Waals surface area contributed by atoms with E-state index in [-0.39, 0.29) is 11.4 Å². The Labute approximate surface area is 192 Å². The van der Waals surface area contributed by atoms with Crippen LogP contribution in [-0.2, 0) is 30.7 Å². The topological polar surface area (TPSA) is 79.3 Å². The Morgan fingerprint density at radius 1 is 1.03 bits per heavy atom. The van der Waals surface area contributed by atoms with E-state index in [1.54, 1.807) is 15.3 Å². The lowest BCUT2D eigenvalue weighted by Crippen LogP contribution is -2.25. The highest BCUT2D eigenvalue weighted by molar-refractivity contribution is 5.92. The molecular formula is C26H29N3O4. The monoisotopic (exact) mass is 447 g/mol. The van der Waals surface area contributed by atoms with E-state index in [0.29, 0.717) is 25.1 Å². The molecule has 172 valence electrons. The van der Waals surface area contributed by atoms with Crippen molar-refractivity contribution in [2.45, 2.75) is 53.1 Å². The zero-order chi connectivity index (χ0) is 23.5. The summed E-state index contributed by atoms with van der Waals surface area (Å²) in [6.45, 7) is 7.20. The number of aromatic nitrogens is 3. The van der Waals surface area contributed by atoms with Gasteiger partial charge < -0.3 is 9.15 Å². The van der Waals surface area contributed by atoms with Crippen LogP contribution in [0.2, 0.25) is 0 Å². The fourth-order valence-corrected chi connectivity index (χ4v) is 4.07. The SMILES string of the molecule is CCn1c(CCCc2ccc3oc(C(=O)OC)cc3c2)nn(Cc2ccc(C)c(C)c2)c1=O. The van der Waals surface area contributed by atoms with E-state index in [4.69, 9.17) is 9.15 Å². The van der Waals surface area contributed by atoms with E-state index >= 15 is 0 Å². The first-order valence-electron chi connectivity index (χ1n) is 11.2. The van der Waals surface area contributed by atoms with Gasteiger partial charge in [-0.05, 0) is 74.1 Å². The number of carbonyl (C=O) groups is 1. The lowest BCUT2D eigenvalue weighted by atomic mass is 10.1. The maximum atomic E-state index is 12.9. The Bertz CT molecular complexity index is 1360. The first-order chi connectivity index (χ1) is 15.9. The number of hydrogen-bond acceptors (Lipinski definition) is 5. The van der Waals surface area contributed by atoms with E-state index in [1.165, 1.54) is 18.2 Å². The molecule has 2 aromatic carbocycles. The van der Waals surface area contributed by atoms with Gasteiger partial charge in [0.2, 0.25) is 5.76 Å². The molecule has 0 radical (unpaired) electrons. The van der Waals surface area contributed by atoms with Gasteiger partial charge in [0.15, 0.2) is 0 Å². The molecule has 0 fully saturated rings. The number of fused-ring (bicyclic) bond motifs is 1. The van der Waals surface area contributed by atoms with Crippen LogP contribution in [0, 0.1) is 13.8 Å². The van der Waals surface area contributed by atoms with Crippen molar-refractivity contribution < 1.29 is 13.9 Å². The molecule has 0 amide bonds. The zero-order valence-corrected chi connectivity index (χ0v) is 19.6. The van der Waals surface area contributed by atoms with Crippen molar-refractivity contribution in [2.75, 3.05) is 7.11 Å². The molecule has 0 saturated heterocycles. The molecule has 0 spiro atoms. The number of methoxy groups -OCH3 is 1. The van der Waals surface area contributed by atoms with E-state index in [9.17, 15) is 9.59 Å². The number of benzene rings is 2. The number of carbonyl (C=O) groups excluding carboxylic acids is 1. The average Bonchev–Trinajstić information content (AvgIpc) is 3.36. The van der Waals surface area contributed by atoms with Crippen LogP contribution in [0.1, 0.15) is 52.0 Å². The van der Waals surface area contributed by atoms with E-state index in [1.807, 2.05) is 25.1 Å². The summed E-state index contributed by atoms with van der Waals surface area (Å²) < 4.78 is 13.6. The van der Waals surface area contributed by atoms with Crippen molar-refractivity contribution in [1.29, 1.82) is 0 Å². The third-order valence-electron chi connectivity index (χ3n) is 6.05. The molecule has 7 nitrogen and oxygen atoms in total. The van der Waals surface area contributed by atoms with Crippen molar-refractivity contribution in [2.24, 2.45) is 0 Å². The third kappa shape index (κ3) is 4.77. The van der Waals surface area contributed by atoms with Gasteiger partial charge in [0.1, 0.15) is 11.4 Å². The third-order valence-corrected chi connectivity index (χ3v) is 6.05. The maximum absolute atomic E-state index is 12.9. The summed E-state index contributed by atoms with van der Waals surface area (Å²) in [6, 6.07) is 13.8. The van der Waals surface area contributed by atoms with E-state index in [2.05, 4.69) is 37.1 Å². The molecule has 0 N–H and O–H groups in total. The predicted molar refractivity (Wildman–Crippen MR) is 127 cm³/mol. The minimum absolute atomic E-state index is 0.0686. The highest BCUT2D eigenvalue weighted by Gasteiger charge is 2.14. The number of aryl methyl sites for hydroxylation is 4. The molecule has 2 heterocycles. The van der Waals surface area contributed by atoms with Crippen LogP contribution < -0.4 is 5.69 Å². The molecule has 0 aliphatic heterocycles. The summed E-state index contributed by atoms with van der Waals surface area (Å²) in [7, 11) is 1.33. The van der Waals surface area contributed by atoms with Gasteiger partial charge in [0, 0.05) is 18.4 Å². The second-order valence-corrected chi connectivity index (χ2v) is 8.35. The molecule has 7 heteroatoms. The largest absolute Gasteiger partial charge is 0.463 e. The standard InChI is InChI=1S/C26H29N3O4/c1-5-28-24(27-29(26(28)31)16-20-10-9-17(2)18(3)13-20)8-6-7-19-11-12-22-21(14-19)15-23(33-22)25(30)32-4/h9-15H,5-8,16H2,1-4H3. The summed E-state index contributed by atoms with van der Waals surface area (Å²) in [5.74, 6) is 0.524. The first-order valence-corrected chi connectivity index (χ1v) is 11.2. The van der Waals surface area contributed by atoms with Gasteiger partial charge in [-0.1, -0.05) is 24.3 Å². The number of rotatable bonds is 8. The van der Waals surface area contributed by atoms with Gasteiger partial charge >= 0.3 is 11.7 Å². The highest BCUT2D eigenvalue weighted by Crippen LogP contribution is 2.22. The van der Waals surface area contributed by atoms with Crippen molar-refractivity contribution >= 4 is 16.9 Å². The van der Waals surface area contributed by atoms with Crippen LogP contribution in [0.4, 0.5) is 0 Å². The van der Waals surface area contributed by atoms with Crippen LogP contribution >= 0.6 is 0 Å². The molecule has 33 heavy (non-hydrogen) atoms. The van der Waals surface area contributed by atoms with Gasteiger partial charge in [-0.3, -0.25) is 4.57 Å². The molecule has 2 aromatic heterocycles. The highest BCUT2D eigenvalue weighted by atomic mass is 16.5. The number of furan rings is 1. The van der Waals surface area contributed by atoms with Crippen molar-refractivity contribution in [3.05, 3.63) is 86.8 Å². The molecule has 0 saturated carbocycles. The minimum atomic E-state index is -0.485. The van der Waals surface area contributed by atoms with Crippen molar-refractivity contribution in [1.82, 2.24) is 14.3 Å². The predicted octanol–water partition coefficient (Wildman–Crippen LogP) is 4.44. The van der Waals surface area contributed by atoms with Gasteiger partial charge in [-0.15, -0.1) is 0 Å². The molecule has 0 aliphatic carbocycles. The molecule has 0 bridgehead atoms. The Kier molecular flexibility index (Phi) is 6.49. The Morgan fingerprint density at radius 3 is 2.55 bits per heavy atom. The minimum Gasteiger partial charge on any atom is -0.463 e. The fraction of sp³-hybridized carbons (Fsp3) is 0.346. The molecule has 0 unspecified atom stereocenters.